The second-order valence-electron chi connectivity index (χ2n) is 7.17. The van der Waals surface area contributed by atoms with Gasteiger partial charge in [0.1, 0.15) is 4.90 Å². The van der Waals surface area contributed by atoms with Gasteiger partial charge >= 0.3 is 0 Å². The molecule has 0 spiro atoms. The first-order valence-electron chi connectivity index (χ1n) is 9.14. The third-order valence-electron chi connectivity index (χ3n) is 5.07. The van der Waals surface area contributed by atoms with Crippen molar-refractivity contribution in [3.05, 3.63) is 28.8 Å². The fraction of sp³-hybridized carbons (Fsp3) is 0.556. The number of aliphatic hydroxyl groups is 1. The fourth-order valence-electron chi connectivity index (χ4n) is 3.49. The first kappa shape index (κ1) is 21.4. The number of nitrogens with one attached hydrogen (secondary N) is 1. The van der Waals surface area contributed by atoms with Crippen LogP contribution in [0.3, 0.4) is 0 Å². The second-order valence-corrected chi connectivity index (χ2v) is 10.2. The van der Waals surface area contributed by atoms with Gasteiger partial charge in [-0.05, 0) is 25.0 Å². The van der Waals surface area contributed by atoms with Crippen molar-refractivity contribution in [2.24, 2.45) is 4.99 Å². The Morgan fingerprint density at radius 2 is 2.04 bits per heavy atom. The zero-order chi connectivity index (χ0) is 20.5. The molecule has 1 amide bonds. The lowest BCUT2D eigenvalue weighted by Crippen LogP contribution is -2.42. The molecule has 1 saturated carbocycles. The number of hydrogen-bond donors (Lipinski definition) is 2. The van der Waals surface area contributed by atoms with E-state index in [0.717, 1.165) is 24.9 Å². The van der Waals surface area contributed by atoms with Gasteiger partial charge in [-0.2, -0.15) is 0 Å². The number of benzene rings is 1. The lowest BCUT2D eigenvalue weighted by Gasteiger charge is -2.32. The summed E-state index contributed by atoms with van der Waals surface area (Å²) in [7, 11) is -2.37. The topological polar surface area (TPSA) is 99.1 Å². The molecule has 2 aliphatic rings. The van der Waals surface area contributed by atoms with Crippen LogP contribution in [0.15, 0.2) is 28.1 Å². The van der Waals surface area contributed by atoms with Crippen LogP contribution >= 0.6 is 23.4 Å². The number of carbonyl (C=O) groups excluding carboxylic acids is 1. The zero-order valence-corrected chi connectivity index (χ0v) is 18.2. The van der Waals surface area contributed by atoms with Crippen molar-refractivity contribution >= 4 is 44.5 Å². The third kappa shape index (κ3) is 4.32. The molecule has 1 aliphatic carbocycles. The minimum absolute atomic E-state index is 0.0227. The van der Waals surface area contributed by atoms with Crippen LogP contribution in [0.25, 0.3) is 0 Å². The average molecular weight is 446 g/mol. The molecule has 7 nitrogen and oxygen atoms in total. The van der Waals surface area contributed by atoms with Crippen LogP contribution < -0.4 is 4.72 Å². The van der Waals surface area contributed by atoms with Crippen LogP contribution in [-0.4, -0.2) is 48.3 Å². The summed E-state index contributed by atoms with van der Waals surface area (Å²) in [6, 6.07) is 4.59. The lowest BCUT2D eigenvalue weighted by atomic mass is 9.96. The molecule has 0 bridgehead atoms. The SMILES string of the molecule is CC(=O)NS(=O)(=O)c1cc(C2(O)CSC(=NC3CCCCC3)N2C)ccc1Cl. The van der Waals surface area contributed by atoms with Gasteiger partial charge in [0.2, 0.25) is 5.91 Å². The number of aliphatic imine (C=N–C) groups is 1. The van der Waals surface area contributed by atoms with Crippen molar-refractivity contribution < 1.29 is 18.3 Å². The summed E-state index contributed by atoms with van der Waals surface area (Å²) in [5, 5.41) is 12.0. The number of rotatable bonds is 4. The molecule has 1 aromatic rings. The molecule has 1 unspecified atom stereocenters. The molecule has 1 saturated heterocycles. The highest BCUT2D eigenvalue weighted by Gasteiger charge is 2.43. The molecule has 1 aliphatic heterocycles. The van der Waals surface area contributed by atoms with E-state index in [1.54, 1.807) is 18.0 Å². The zero-order valence-electron chi connectivity index (χ0n) is 15.8. The van der Waals surface area contributed by atoms with E-state index >= 15 is 0 Å². The van der Waals surface area contributed by atoms with Crippen molar-refractivity contribution in [3.63, 3.8) is 0 Å². The van der Waals surface area contributed by atoms with Crippen LogP contribution in [0.1, 0.15) is 44.6 Å². The van der Waals surface area contributed by atoms with Crippen LogP contribution in [0, 0.1) is 0 Å². The summed E-state index contributed by atoms with van der Waals surface area (Å²) in [6.07, 6.45) is 5.68. The van der Waals surface area contributed by atoms with Gasteiger partial charge < -0.3 is 10.0 Å². The monoisotopic (exact) mass is 445 g/mol. The molecule has 1 aromatic carbocycles. The molecule has 154 valence electrons. The number of nitrogens with zero attached hydrogens (tertiary/aromatic N) is 2. The normalized spacial score (nSPS) is 25.3. The second kappa shape index (κ2) is 8.22. The Labute approximate surface area is 174 Å². The van der Waals surface area contributed by atoms with Crippen molar-refractivity contribution in [2.45, 2.75) is 55.7 Å². The predicted molar refractivity (Wildman–Crippen MR) is 111 cm³/mol. The fourth-order valence-corrected chi connectivity index (χ4v) is 6.26. The quantitative estimate of drug-likeness (QED) is 0.739. The van der Waals surface area contributed by atoms with Gasteiger partial charge in [0.05, 0.1) is 16.8 Å². The van der Waals surface area contributed by atoms with E-state index in [-0.39, 0.29) is 16.0 Å². The van der Waals surface area contributed by atoms with Crippen molar-refractivity contribution in [3.8, 4) is 0 Å². The van der Waals surface area contributed by atoms with Gasteiger partial charge in [-0.3, -0.25) is 9.79 Å². The smallest absolute Gasteiger partial charge is 0.265 e. The van der Waals surface area contributed by atoms with Crippen molar-refractivity contribution in [2.75, 3.05) is 12.8 Å². The van der Waals surface area contributed by atoms with E-state index in [1.165, 1.54) is 43.2 Å². The molecular formula is C18H24ClN3O4S2. The third-order valence-corrected chi connectivity index (χ3v) is 8.17. The van der Waals surface area contributed by atoms with Gasteiger partial charge in [-0.15, -0.1) is 0 Å². The first-order chi connectivity index (χ1) is 13.1. The Hall–Kier alpha value is -1.29. The van der Waals surface area contributed by atoms with E-state index in [4.69, 9.17) is 16.6 Å². The van der Waals surface area contributed by atoms with Crippen LogP contribution in [0.2, 0.25) is 5.02 Å². The number of sulfonamides is 1. The van der Waals surface area contributed by atoms with Crippen molar-refractivity contribution in [1.29, 1.82) is 0 Å². The minimum Gasteiger partial charge on any atom is -0.366 e. The Kier molecular flexibility index (Phi) is 6.29. The summed E-state index contributed by atoms with van der Waals surface area (Å²) in [5.41, 5.74) is -1.03. The first-order valence-corrected chi connectivity index (χ1v) is 12.0. The van der Waals surface area contributed by atoms with Gasteiger partial charge in [0, 0.05) is 19.5 Å². The summed E-state index contributed by atoms with van der Waals surface area (Å²) in [5.74, 6) is -0.397. The molecule has 0 radical (unpaired) electrons. The van der Waals surface area contributed by atoms with E-state index in [2.05, 4.69) is 0 Å². The Balaban J connectivity index is 1.91. The number of thioether (sulfide) groups is 1. The Morgan fingerprint density at radius 1 is 1.36 bits per heavy atom. The molecule has 3 rings (SSSR count). The molecule has 0 aromatic heterocycles. The van der Waals surface area contributed by atoms with Gasteiger partial charge in [-0.25, -0.2) is 13.1 Å². The predicted octanol–water partition coefficient (Wildman–Crippen LogP) is 2.68. The standard InChI is InChI=1S/C18H24ClN3O4S2/c1-12(23)21-28(25,26)16-10-13(8-9-15(16)19)18(24)11-27-17(22(18)2)20-14-6-4-3-5-7-14/h8-10,14,24H,3-7,11H2,1-2H3,(H,21,23). The minimum atomic E-state index is -4.12. The van der Waals surface area contributed by atoms with Crippen LogP contribution in [0.5, 0.6) is 0 Å². The highest BCUT2D eigenvalue weighted by atomic mass is 35.5. The highest BCUT2D eigenvalue weighted by Crippen LogP contribution is 2.40. The summed E-state index contributed by atoms with van der Waals surface area (Å²) in [4.78, 5) is 17.5. The van der Waals surface area contributed by atoms with Gasteiger partial charge in [0.25, 0.3) is 10.0 Å². The number of halogens is 1. The maximum Gasteiger partial charge on any atom is 0.265 e. The summed E-state index contributed by atoms with van der Waals surface area (Å²) < 4.78 is 26.7. The number of amidine groups is 1. The number of hydrogen-bond acceptors (Lipinski definition) is 6. The van der Waals surface area contributed by atoms with E-state index in [0.29, 0.717) is 11.3 Å². The molecular weight excluding hydrogens is 422 g/mol. The van der Waals surface area contributed by atoms with Crippen LogP contribution in [-0.2, 0) is 20.5 Å². The van der Waals surface area contributed by atoms with E-state index in [1.807, 2.05) is 4.72 Å². The summed E-state index contributed by atoms with van der Waals surface area (Å²) >= 11 is 7.50. The van der Waals surface area contributed by atoms with E-state index in [9.17, 15) is 18.3 Å². The van der Waals surface area contributed by atoms with Crippen molar-refractivity contribution in [1.82, 2.24) is 9.62 Å². The van der Waals surface area contributed by atoms with E-state index < -0.39 is 21.7 Å². The molecule has 28 heavy (non-hydrogen) atoms. The molecule has 1 heterocycles. The molecule has 2 N–H and O–H groups in total. The number of amides is 1. The lowest BCUT2D eigenvalue weighted by molar-refractivity contribution is -0.117. The maximum absolute atomic E-state index is 12.4. The highest BCUT2D eigenvalue weighted by molar-refractivity contribution is 8.14. The van der Waals surface area contributed by atoms with Gasteiger partial charge in [-0.1, -0.05) is 48.7 Å². The number of carbonyl (C=O) groups is 1. The Morgan fingerprint density at radius 3 is 2.68 bits per heavy atom. The molecule has 2 fully saturated rings. The molecule has 10 heteroatoms. The maximum atomic E-state index is 12.4. The average Bonchev–Trinajstić information content (AvgIpc) is 2.91. The Bertz CT molecular complexity index is 900. The van der Waals surface area contributed by atoms with Crippen LogP contribution in [0.4, 0.5) is 0 Å². The summed E-state index contributed by atoms with van der Waals surface area (Å²) in [6.45, 7) is 1.11. The molecule has 1 atom stereocenters. The largest absolute Gasteiger partial charge is 0.366 e. The van der Waals surface area contributed by atoms with Gasteiger partial charge in [0.15, 0.2) is 10.9 Å².